The molecule has 27 heavy (non-hydrogen) atoms. The molecule has 0 fully saturated rings. The van der Waals surface area contributed by atoms with E-state index in [1.807, 2.05) is 42.7 Å². The van der Waals surface area contributed by atoms with Gasteiger partial charge in [0.2, 0.25) is 0 Å². The number of rotatable bonds is 3. The number of H-pyrrole nitrogens is 1. The Kier molecular flexibility index (Phi) is 3.68. The number of hydrogen-bond donors (Lipinski definition) is 1. The largest absolute Gasteiger partial charge is 0.281 e. The van der Waals surface area contributed by atoms with Crippen molar-refractivity contribution in [2.75, 3.05) is 0 Å². The molecular weight excluding hydrogens is 332 g/mol. The first kappa shape index (κ1) is 15.7. The van der Waals surface area contributed by atoms with Gasteiger partial charge in [-0.2, -0.15) is 5.10 Å². The minimum Gasteiger partial charge on any atom is -0.281 e. The number of aromatic amines is 1. The average Bonchev–Trinajstić information content (AvgIpc) is 3.18. The zero-order valence-corrected chi connectivity index (χ0v) is 14.7. The van der Waals surface area contributed by atoms with Gasteiger partial charge in [0.05, 0.1) is 5.69 Å². The Morgan fingerprint density at radius 2 is 1.70 bits per heavy atom. The lowest BCUT2D eigenvalue weighted by atomic mass is 9.69. The number of pyridine rings is 2. The normalized spacial score (nSPS) is 18.2. The molecule has 0 bridgehead atoms. The molecular formula is C23H18N4. The van der Waals surface area contributed by atoms with Gasteiger partial charge in [0.1, 0.15) is 5.69 Å². The lowest BCUT2D eigenvalue weighted by molar-refractivity contribution is 0.618. The van der Waals surface area contributed by atoms with Crippen LogP contribution in [0, 0.1) is 0 Å². The van der Waals surface area contributed by atoms with Gasteiger partial charge in [0.25, 0.3) is 0 Å². The van der Waals surface area contributed by atoms with Gasteiger partial charge in [-0.1, -0.05) is 54.6 Å². The first-order valence-electron chi connectivity index (χ1n) is 9.01. The molecule has 1 unspecified atom stereocenters. The molecule has 0 saturated heterocycles. The third-order valence-corrected chi connectivity index (χ3v) is 5.25. The maximum Gasteiger partial charge on any atom is 0.118 e. The molecule has 1 aliphatic carbocycles. The van der Waals surface area contributed by atoms with Gasteiger partial charge in [0.15, 0.2) is 0 Å². The van der Waals surface area contributed by atoms with E-state index in [-0.39, 0.29) is 5.41 Å². The third kappa shape index (κ3) is 2.57. The van der Waals surface area contributed by atoms with E-state index in [0.29, 0.717) is 0 Å². The number of hydrogen-bond acceptors (Lipinski definition) is 3. The molecule has 3 aromatic heterocycles. The second-order valence-corrected chi connectivity index (χ2v) is 6.77. The van der Waals surface area contributed by atoms with Crippen LogP contribution < -0.4 is 0 Å². The SMILES string of the molecule is C1=CC(c2ccccc2)(c2cccnc2)Cc2[nH]nc(-c3ccccn3)c21. The first-order chi connectivity index (χ1) is 13.4. The summed E-state index contributed by atoms with van der Waals surface area (Å²) in [5.41, 5.74) is 6.16. The van der Waals surface area contributed by atoms with E-state index in [1.165, 1.54) is 11.1 Å². The second-order valence-electron chi connectivity index (χ2n) is 6.77. The van der Waals surface area contributed by atoms with Gasteiger partial charge in [-0.25, -0.2) is 0 Å². The molecule has 0 aliphatic heterocycles. The summed E-state index contributed by atoms with van der Waals surface area (Å²) in [5, 5.41) is 7.82. The monoisotopic (exact) mass is 350 g/mol. The highest BCUT2D eigenvalue weighted by atomic mass is 15.1. The van der Waals surface area contributed by atoms with Crippen LogP contribution >= 0.6 is 0 Å². The number of nitrogens with one attached hydrogen (secondary N) is 1. The Morgan fingerprint density at radius 1 is 0.852 bits per heavy atom. The second kappa shape index (κ2) is 6.32. The number of allylic oxidation sites excluding steroid dienone is 1. The number of fused-ring (bicyclic) bond motifs is 1. The van der Waals surface area contributed by atoms with Crippen molar-refractivity contribution in [3.05, 3.63) is 108 Å². The van der Waals surface area contributed by atoms with Crippen molar-refractivity contribution in [3.8, 4) is 11.4 Å². The topological polar surface area (TPSA) is 54.5 Å². The summed E-state index contributed by atoms with van der Waals surface area (Å²) in [6.07, 6.45) is 10.8. The van der Waals surface area contributed by atoms with Crippen molar-refractivity contribution in [3.63, 3.8) is 0 Å². The van der Waals surface area contributed by atoms with E-state index in [9.17, 15) is 0 Å². The Hall–Kier alpha value is -3.53. The van der Waals surface area contributed by atoms with E-state index < -0.39 is 0 Å². The molecule has 0 radical (unpaired) electrons. The van der Waals surface area contributed by atoms with E-state index in [1.54, 1.807) is 6.20 Å². The fourth-order valence-corrected chi connectivity index (χ4v) is 3.89. The lowest BCUT2D eigenvalue weighted by Gasteiger charge is -2.34. The molecule has 4 aromatic rings. The summed E-state index contributed by atoms with van der Waals surface area (Å²) in [6.45, 7) is 0. The first-order valence-corrected chi connectivity index (χ1v) is 9.01. The molecule has 1 atom stereocenters. The average molecular weight is 350 g/mol. The van der Waals surface area contributed by atoms with Gasteiger partial charge in [0, 0.05) is 41.7 Å². The molecule has 1 aliphatic rings. The van der Waals surface area contributed by atoms with Gasteiger partial charge in [-0.15, -0.1) is 0 Å². The fourth-order valence-electron chi connectivity index (χ4n) is 3.89. The summed E-state index contributed by atoms with van der Waals surface area (Å²) in [6, 6.07) is 20.6. The Bertz CT molecular complexity index is 1040. The molecule has 1 aromatic carbocycles. The van der Waals surface area contributed by atoms with Crippen LogP contribution in [0.1, 0.15) is 22.4 Å². The zero-order chi connectivity index (χ0) is 18.1. The third-order valence-electron chi connectivity index (χ3n) is 5.25. The van der Waals surface area contributed by atoms with Crippen molar-refractivity contribution in [1.82, 2.24) is 20.2 Å². The van der Waals surface area contributed by atoms with Gasteiger partial charge < -0.3 is 0 Å². The van der Waals surface area contributed by atoms with E-state index >= 15 is 0 Å². The minimum atomic E-state index is -0.267. The van der Waals surface area contributed by atoms with Gasteiger partial charge >= 0.3 is 0 Å². The van der Waals surface area contributed by atoms with Crippen LogP contribution in [0.15, 0.2) is 85.3 Å². The molecule has 4 nitrogen and oxygen atoms in total. The molecule has 1 N–H and O–H groups in total. The van der Waals surface area contributed by atoms with Gasteiger partial charge in [-0.05, 0) is 29.3 Å². The summed E-state index contributed by atoms with van der Waals surface area (Å²) in [7, 11) is 0. The molecule has 130 valence electrons. The van der Waals surface area contributed by atoms with Crippen molar-refractivity contribution >= 4 is 6.08 Å². The summed E-state index contributed by atoms with van der Waals surface area (Å²) >= 11 is 0. The number of benzene rings is 1. The van der Waals surface area contributed by atoms with E-state index in [4.69, 9.17) is 0 Å². The number of aromatic nitrogens is 4. The van der Waals surface area contributed by atoms with Crippen molar-refractivity contribution in [2.45, 2.75) is 11.8 Å². The van der Waals surface area contributed by atoms with Crippen molar-refractivity contribution in [1.29, 1.82) is 0 Å². The minimum absolute atomic E-state index is 0.267. The quantitative estimate of drug-likeness (QED) is 0.595. The van der Waals surface area contributed by atoms with Crippen molar-refractivity contribution < 1.29 is 0 Å². The maximum absolute atomic E-state index is 4.57. The molecule has 0 amide bonds. The van der Waals surface area contributed by atoms with Crippen LogP contribution in [0.2, 0.25) is 0 Å². The Labute approximate surface area is 157 Å². The molecule has 4 heteroatoms. The van der Waals surface area contributed by atoms with Crippen LogP contribution in [0.3, 0.4) is 0 Å². The van der Waals surface area contributed by atoms with Crippen LogP contribution in [-0.4, -0.2) is 20.2 Å². The van der Waals surface area contributed by atoms with Crippen LogP contribution in [0.5, 0.6) is 0 Å². The summed E-state index contributed by atoms with van der Waals surface area (Å²) < 4.78 is 0. The highest BCUT2D eigenvalue weighted by Gasteiger charge is 2.36. The van der Waals surface area contributed by atoms with Crippen LogP contribution in [-0.2, 0) is 11.8 Å². The lowest BCUT2D eigenvalue weighted by Crippen LogP contribution is -2.30. The standard InChI is InChI=1S/C23H18N4/c1-2-7-17(8-3-1)23(18-9-6-13-24-16-18)12-11-19-21(15-23)26-27-22(19)20-10-4-5-14-25-20/h1-14,16H,15H2,(H,26,27). The summed E-state index contributed by atoms with van der Waals surface area (Å²) in [4.78, 5) is 8.83. The van der Waals surface area contributed by atoms with E-state index in [2.05, 4.69) is 62.6 Å². The zero-order valence-electron chi connectivity index (χ0n) is 14.7. The Balaban J connectivity index is 1.66. The maximum atomic E-state index is 4.57. The predicted molar refractivity (Wildman–Crippen MR) is 106 cm³/mol. The van der Waals surface area contributed by atoms with Crippen molar-refractivity contribution in [2.24, 2.45) is 0 Å². The number of nitrogens with zero attached hydrogens (tertiary/aromatic N) is 3. The van der Waals surface area contributed by atoms with Crippen LogP contribution in [0.4, 0.5) is 0 Å². The van der Waals surface area contributed by atoms with Crippen LogP contribution in [0.25, 0.3) is 17.5 Å². The van der Waals surface area contributed by atoms with Gasteiger partial charge in [-0.3, -0.25) is 15.1 Å². The smallest absolute Gasteiger partial charge is 0.118 e. The highest BCUT2D eigenvalue weighted by molar-refractivity contribution is 5.74. The fraction of sp³-hybridized carbons (Fsp3) is 0.0870. The Morgan fingerprint density at radius 3 is 2.48 bits per heavy atom. The molecule has 0 spiro atoms. The highest BCUT2D eigenvalue weighted by Crippen LogP contribution is 2.42. The summed E-state index contributed by atoms with van der Waals surface area (Å²) in [5.74, 6) is 0. The molecule has 0 saturated carbocycles. The van der Waals surface area contributed by atoms with E-state index in [0.717, 1.165) is 29.1 Å². The predicted octanol–water partition coefficient (Wildman–Crippen LogP) is 4.42. The molecule has 5 rings (SSSR count). The molecule has 3 heterocycles.